The van der Waals surface area contributed by atoms with Crippen LogP contribution in [0.1, 0.15) is 42.1 Å². The van der Waals surface area contributed by atoms with Crippen LogP contribution >= 0.6 is 0 Å². The van der Waals surface area contributed by atoms with Gasteiger partial charge in [-0.2, -0.15) is 0 Å². The third-order valence-electron chi connectivity index (χ3n) is 3.03. The van der Waals surface area contributed by atoms with Crippen molar-refractivity contribution in [3.8, 4) is 11.5 Å². The van der Waals surface area contributed by atoms with Crippen LogP contribution in [-0.2, 0) is 6.42 Å². The summed E-state index contributed by atoms with van der Waals surface area (Å²) in [5.74, 6) is 1.42. The molecule has 118 valence electrons. The molecule has 0 bridgehead atoms. The number of hydrogen-bond donors (Lipinski definition) is 2. The van der Waals surface area contributed by atoms with Crippen molar-refractivity contribution in [1.29, 1.82) is 0 Å². The number of nitrogens with two attached hydrogens (primary N) is 2. The molecular formula is C16H26N2O3. The van der Waals surface area contributed by atoms with E-state index in [0.717, 1.165) is 43.3 Å². The first-order chi connectivity index (χ1) is 10.3. The summed E-state index contributed by atoms with van der Waals surface area (Å²) in [5, 5.41) is 0. The third-order valence-corrected chi connectivity index (χ3v) is 3.03. The minimum Gasteiger partial charge on any atom is -0.493 e. The number of aldehydes is 1. The van der Waals surface area contributed by atoms with Crippen LogP contribution < -0.4 is 20.9 Å². The van der Waals surface area contributed by atoms with E-state index in [1.54, 1.807) is 12.1 Å². The zero-order chi connectivity index (χ0) is 15.5. The van der Waals surface area contributed by atoms with E-state index in [2.05, 4.69) is 0 Å². The molecule has 0 amide bonds. The molecule has 5 heteroatoms. The molecule has 0 heterocycles. The zero-order valence-corrected chi connectivity index (χ0v) is 12.8. The van der Waals surface area contributed by atoms with Crippen LogP contribution in [0.4, 0.5) is 0 Å². The van der Waals surface area contributed by atoms with E-state index >= 15 is 0 Å². The van der Waals surface area contributed by atoms with Gasteiger partial charge in [0.15, 0.2) is 0 Å². The zero-order valence-electron chi connectivity index (χ0n) is 12.8. The van der Waals surface area contributed by atoms with E-state index < -0.39 is 0 Å². The molecule has 0 spiro atoms. The summed E-state index contributed by atoms with van der Waals surface area (Å²) in [4.78, 5) is 11.1. The van der Waals surface area contributed by atoms with Gasteiger partial charge in [0.05, 0.1) is 13.2 Å². The van der Waals surface area contributed by atoms with Crippen LogP contribution in [-0.4, -0.2) is 32.6 Å². The largest absolute Gasteiger partial charge is 0.493 e. The summed E-state index contributed by atoms with van der Waals surface area (Å²) in [6.45, 7) is 4.36. The number of rotatable bonds is 11. The van der Waals surface area contributed by atoms with Crippen molar-refractivity contribution in [1.82, 2.24) is 0 Å². The predicted octanol–water partition coefficient (Wildman–Crippen LogP) is 1.91. The summed E-state index contributed by atoms with van der Waals surface area (Å²) < 4.78 is 11.5. The lowest BCUT2D eigenvalue weighted by Crippen LogP contribution is -2.10. The van der Waals surface area contributed by atoms with Gasteiger partial charge in [0.2, 0.25) is 0 Å². The molecule has 0 aliphatic heterocycles. The number of carbonyl (C=O) groups excluding carboxylic acids is 1. The Morgan fingerprint density at radius 3 is 2.19 bits per heavy atom. The van der Waals surface area contributed by atoms with Gasteiger partial charge >= 0.3 is 0 Å². The summed E-state index contributed by atoms with van der Waals surface area (Å²) >= 11 is 0. The third kappa shape index (κ3) is 5.73. The van der Waals surface area contributed by atoms with Gasteiger partial charge in [-0.1, -0.05) is 6.92 Å². The molecule has 0 aliphatic rings. The second-order valence-electron chi connectivity index (χ2n) is 4.84. The van der Waals surface area contributed by atoms with Gasteiger partial charge < -0.3 is 20.9 Å². The first-order valence-corrected chi connectivity index (χ1v) is 7.54. The van der Waals surface area contributed by atoms with Crippen LogP contribution in [0.15, 0.2) is 12.1 Å². The number of benzene rings is 1. The van der Waals surface area contributed by atoms with Gasteiger partial charge in [-0.25, -0.2) is 0 Å². The highest BCUT2D eigenvalue weighted by atomic mass is 16.5. The molecule has 1 rings (SSSR count). The average molecular weight is 294 g/mol. The Morgan fingerprint density at radius 2 is 1.67 bits per heavy atom. The molecular weight excluding hydrogens is 268 g/mol. The molecule has 5 nitrogen and oxygen atoms in total. The van der Waals surface area contributed by atoms with Crippen LogP contribution in [0.5, 0.6) is 11.5 Å². The Hall–Kier alpha value is -1.59. The second kappa shape index (κ2) is 10.2. The smallest absolute Gasteiger partial charge is 0.150 e. The fraction of sp³-hybridized carbons (Fsp3) is 0.562. The summed E-state index contributed by atoms with van der Waals surface area (Å²) in [5.41, 5.74) is 12.6. The first kappa shape index (κ1) is 17.5. The number of hydrogen-bond acceptors (Lipinski definition) is 5. The van der Waals surface area contributed by atoms with Crippen molar-refractivity contribution in [3.63, 3.8) is 0 Å². The van der Waals surface area contributed by atoms with E-state index in [1.165, 1.54) is 0 Å². The van der Waals surface area contributed by atoms with Crippen LogP contribution in [0.25, 0.3) is 0 Å². The molecule has 21 heavy (non-hydrogen) atoms. The van der Waals surface area contributed by atoms with E-state index in [9.17, 15) is 4.79 Å². The van der Waals surface area contributed by atoms with Gasteiger partial charge in [-0.3, -0.25) is 4.79 Å². The fourth-order valence-electron chi connectivity index (χ4n) is 1.97. The normalized spacial score (nSPS) is 10.4. The van der Waals surface area contributed by atoms with Crippen molar-refractivity contribution in [2.45, 2.75) is 32.6 Å². The quantitative estimate of drug-likeness (QED) is 0.481. The van der Waals surface area contributed by atoms with Gasteiger partial charge in [0.25, 0.3) is 0 Å². The Kier molecular flexibility index (Phi) is 8.47. The summed E-state index contributed by atoms with van der Waals surface area (Å²) in [6.07, 6.45) is 4.10. The molecule has 0 saturated carbocycles. The average Bonchev–Trinajstić information content (AvgIpc) is 2.51. The van der Waals surface area contributed by atoms with E-state index in [1.807, 2.05) is 6.92 Å². The second-order valence-corrected chi connectivity index (χ2v) is 4.84. The molecule has 1 aromatic rings. The van der Waals surface area contributed by atoms with E-state index in [4.69, 9.17) is 20.9 Å². The lowest BCUT2D eigenvalue weighted by atomic mass is 10.0. The standard InChI is InChI=1S/C16H26N2O3/c1-2-8-20-15-10-13(12-19)11-16(21-9-4-7-18)14(15)5-3-6-17/h10-12H,2-9,17-18H2,1H3. The Bertz CT molecular complexity index is 436. The maximum Gasteiger partial charge on any atom is 0.150 e. The van der Waals surface area contributed by atoms with Crippen LogP contribution in [0, 0.1) is 0 Å². The minimum atomic E-state index is 0.529. The van der Waals surface area contributed by atoms with Crippen LogP contribution in [0.3, 0.4) is 0 Å². The number of ether oxygens (including phenoxy) is 2. The molecule has 4 N–H and O–H groups in total. The van der Waals surface area contributed by atoms with Crippen molar-refractivity contribution in [2.24, 2.45) is 11.5 Å². The van der Waals surface area contributed by atoms with Crippen molar-refractivity contribution >= 4 is 6.29 Å². The van der Waals surface area contributed by atoms with Gasteiger partial charge in [-0.15, -0.1) is 0 Å². The molecule has 0 saturated heterocycles. The topological polar surface area (TPSA) is 87.6 Å². The summed E-state index contributed by atoms with van der Waals surface area (Å²) in [7, 11) is 0. The highest BCUT2D eigenvalue weighted by Gasteiger charge is 2.13. The maximum absolute atomic E-state index is 11.1. The molecule has 0 radical (unpaired) electrons. The number of carbonyl (C=O) groups is 1. The highest BCUT2D eigenvalue weighted by molar-refractivity contribution is 5.77. The van der Waals surface area contributed by atoms with E-state index in [0.29, 0.717) is 37.6 Å². The minimum absolute atomic E-state index is 0.529. The Morgan fingerprint density at radius 1 is 1.05 bits per heavy atom. The SMILES string of the molecule is CCCOc1cc(C=O)cc(OCCCN)c1CCCN. The molecule has 0 aliphatic carbocycles. The highest BCUT2D eigenvalue weighted by Crippen LogP contribution is 2.32. The monoisotopic (exact) mass is 294 g/mol. The molecule has 0 unspecified atom stereocenters. The van der Waals surface area contributed by atoms with Crippen molar-refractivity contribution in [3.05, 3.63) is 23.3 Å². The van der Waals surface area contributed by atoms with E-state index in [-0.39, 0.29) is 0 Å². The van der Waals surface area contributed by atoms with Gasteiger partial charge in [-0.05, 0) is 50.9 Å². The predicted molar refractivity (Wildman–Crippen MR) is 84.2 cm³/mol. The fourth-order valence-corrected chi connectivity index (χ4v) is 1.97. The lowest BCUT2D eigenvalue weighted by Gasteiger charge is -2.17. The van der Waals surface area contributed by atoms with Gasteiger partial charge in [0, 0.05) is 11.1 Å². The van der Waals surface area contributed by atoms with Gasteiger partial charge in [0.1, 0.15) is 17.8 Å². The van der Waals surface area contributed by atoms with Crippen molar-refractivity contribution < 1.29 is 14.3 Å². The Labute approximate surface area is 126 Å². The molecule has 0 atom stereocenters. The molecule has 0 fully saturated rings. The molecule has 0 aromatic heterocycles. The first-order valence-electron chi connectivity index (χ1n) is 7.54. The van der Waals surface area contributed by atoms with Crippen molar-refractivity contribution in [2.75, 3.05) is 26.3 Å². The summed E-state index contributed by atoms with van der Waals surface area (Å²) in [6, 6.07) is 3.53. The lowest BCUT2D eigenvalue weighted by molar-refractivity contribution is 0.112. The maximum atomic E-state index is 11.1. The van der Waals surface area contributed by atoms with Crippen LogP contribution in [0.2, 0.25) is 0 Å². The Balaban J connectivity index is 3.04. The molecule has 1 aromatic carbocycles.